The summed E-state index contributed by atoms with van der Waals surface area (Å²) >= 11 is 0. The number of hydrogen-bond donors (Lipinski definition) is 1. The molecule has 0 radical (unpaired) electrons. The van der Waals surface area contributed by atoms with Crippen LogP contribution in [0.25, 0.3) is 0 Å². The highest BCUT2D eigenvalue weighted by Gasteiger charge is 2.22. The molecule has 1 unspecified atom stereocenters. The summed E-state index contributed by atoms with van der Waals surface area (Å²) in [5.74, 6) is -0.0935. The Morgan fingerprint density at radius 2 is 2.09 bits per heavy atom. The maximum atomic E-state index is 11.8. The second-order valence-corrected chi connectivity index (χ2v) is 5.52. The Labute approximate surface area is 138 Å². The molecule has 126 valence electrons. The Kier molecular flexibility index (Phi) is 6.89. The molecule has 0 amide bonds. The number of aromatic hydroxyl groups is 1. The quantitative estimate of drug-likeness (QED) is 0.595. The SMILES string of the molecule is C=CCC(Oc1cc(C)c(C(=O)OC)c(O)c1C)C(C)=CCC. The summed E-state index contributed by atoms with van der Waals surface area (Å²) in [6, 6.07) is 1.76. The van der Waals surface area contributed by atoms with Crippen LogP contribution in [0.3, 0.4) is 0 Å². The first-order valence-electron chi connectivity index (χ1n) is 7.72. The fraction of sp³-hybridized carbons (Fsp3) is 0.421. The Bertz CT molecular complexity index is 614. The number of phenols is 1. The molecule has 0 heterocycles. The summed E-state index contributed by atoms with van der Waals surface area (Å²) in [6.07, 6.45) is 5.36. The lowest BCUT2D eigenvalue weighted by Gasteiger charge is -2.22. The summed E-state index contributed by atoms with van der Waals surface area (Å²) in [5.41, 5.74) is 2.43. The Morgan fingerprint density at radius 3 is 2.61 bits per heavy atom. The molecule has 4 nitrogen and oxygen atoms in total. The van der Waals surface area contributed by atoms with E-state index in [1.807, 2.05) is 13.0 Å². The fourth-order valence-electron chi connectivity index (χ4n) is 2.44. The van der Waals surface area contributed by atoms with Crippen molar-refractivity contribution in [2.24, 2.45) is 0 Å². The van der Waals surface area contributed by atoms with Crippen LogP contribution in [0.5, 0.6) is 11.5 Å². The summed E-state index contributed by atoms with van der Waals surface area (Å²) in [4.78, 5) is 11.8. The van der Waals surface area contributed by atoms with Gasteiger partial charge in [-0.3, -0.25) is 0 Å². The van der Waals surface area contributed by atoms with Crippen molar-refractivity contribution >= 4 is 5.97 Å². The van der Waals surface area contributed by atoms with E-state index in [1.54, 1.807) is 19.9 Å². The van der Waals surface area contributed by atoms with E-state index < -0.39 is 5.97 Å². The van der Waals surface area contributed by atoms with Crippen LogP contribution < -0.4 is 4.74 Å². The molecule has 1 N–H and O–H groups in total. The summed E-state index contributed by atoms with van der Waals surface area (Å²) < 4.78 is 10.8. The van der Waals surface area contributed by atoms with Crippen LogP contribution in [-0.2, 0) is 4.74 Å². The van der Waals surface area contributed by atoms with E-state index in [0.717, 1.165) is 12.0 Å². The van der Waals surface area contributed by atoms with Gasteiger partial charge in [-0.1, -0.05) is 19.1 Å². The van der Waals surface area contributed by atoms with Gasteiger partial charge >= 0.3 is 5.97 Å². The van der Waals surface area contributed by atoms with Gasteiger partial charge in [0.15, 0.2) is 0 Å². The van der Waals surface area contributed by atoms with Gasteiger partial charge in [-0.2, -0.15) is 0 Å². The topological polar surface area (TPSA) is 55.8 Å². The highest BCUT2D eigenvalue weighted by atomic mass is 16.5. The monoisotopic (exact) mass is 318 g/mol. The number of esters is 1. The average Bonchev–Trinajstić information content (AvgIpc) is 2.51. The third-order valence-corrected chi connectivity index (χ3v) is 3.78. The molecule has 1 aromatic carbocycles. The zero-order valence-corrected chi connectivity index (χ0v) is 14.6. The first kappa shape index (κ1) is 18.8. The normalized spacial score (nSPS) is 12.7. The number of ether oxygens (including phenoxy) is 2. The minimum atomic E-state index is -0.556. The minimum absolute atomic E-state index is 0.0960. The van der Waals surface area contributed by atoms with Crippen LogP contribution in [-0.4, -0.2) is 24.3 Å². The molecule has 0 aromatic heterocycles. The third kappa shape index (κ3) is 4.38. The predicted octanol–water partition coefficient (Wildman–Crippen LogP) is 4.48. The molecular formula is C19H26O4. The molecular weight excluding hydrogens is 292 g/mol. The van der Waals surface area contributed by atoms with Crippen molar-refractivity contribution < 1.29 is 19.4 Å². The highest BCUT2D eigenvalue weighted by molar-refractivity contribution is 5.95. The first-order valence-corrected chi connectivity index (χ1v) is 7.72. The standard InChI is InChI=1S/C19H26O4/c1-7-9-12(3)15(10-8-2)23-16-11-13(4)17(19(21)22-6)18(20)14(16)5/h8-9,11,15,20H,2,7,10H2,1,3-6H3. The van der Waals surface area contributed by atoms with Gasteiger partial charge in [-0.05, 0) is 44.4 Å². The number of hydrogen-bond acceptors (Lipinski definition) is 4. The zero-order valence-electron chi connectivity index (χ0n) is 14.6. The summed E-state index contributed by atoms with van der Waals surface area (Å²) in [5, 5.41) is 10.3. The molecule has 0 aliphatic heterocycles. The van der Waals surface area contributed by atoms with Crippen LogP contribution in [0.4, 0.5) is 0 Å². The molecule has 0 spiro atoms. The maximum absolute atomic E-state index is 11.8. The van der Waals surface area contributed by atoms with Crippen LogP contribution in [0.2, 0.25) is 0 Å². The number of carbonyl (C=O) groups excluding carboxylic acids is 1. The smallest absolute Gasteiger partial charge is 0.341 e. The van der Waals surface area contributed by atoms with E-state index in [4.69, 9.17) is 9.47 Å². The van der Waals surface area contributed by atoms with Crippen molar-refractivity contribution in [3.63, 3.8) is 0 Å². The van der Waals surface area contributed by atoms with Gasteiger partial charge in [0.2, 0.25) is 0 Å². The number of aryl methyl sites for hydroxylation is 1. The molecule has 0 saturated carbocycles. The van der Waals surface area contributed by atoms with Crippen LogP contribution >= 0.6 is 0 Å². The molecule has 0 aliphatic carbocycles. The lowest BCUT2D eigenvalue weighted by Crippen LogP contribution is -2.18. The van der Waals surface area contributed by atoms with Crippen LogP contribution in [0.1, 0.15) is 48.2 Å². The Balaban J connectivity index is 3.25. The minimum Gasteiger partial charge on any atom is -0.507 e. The molecule has 0 bridgehead atoms. The number of benzene rings is 1. The summed E-state index contributed by atoms with van der Waals surface area (Å²) in [6.45, 7) is 11.3. The van der Waals surface area contributed by atoms with Crippen molar-refractivity contribution in [3.8, 4) is 11.5 Å². The number of phenolic OH excluding ortho intramolecular Hbond substituents is 1. The fourth-order valence-corrected chi connectivity index (χ4v) is 2.44. The number of rotatable bonds is 7. The highest BCUT2D eigenvalue weighted by Crippen LogP contribution is 2.35. The largest absolute Gasteiger partial charge is 0.507 e. The summed E-state index contributed by atoms with van der Waals surface area (Å²) in [7, 11) is 1.29. The van der Waals surface area contributed by atoms with Gasteiger partial charge in [0, 0.05) is 12.0 Å². The van der Waals surface area contributed by atoms with Crippen molar-refractivity contribution in [2.75, 3.05) is 7.11 Å². The van der Waals surface area contributed by atoms with Gasteiger partial charge < -0.3 is 14.6 Å². The predicted molar refractivity (Wildman–Crippen MR) is 92.2 cm³/mol. The van der Waals surface area contributed by atoms with E-state index in [-0.39, 0.29) is 17.4 Å². The van der Waals surface area contributed by atoms with Crippen LogP contribution in [0.15, 0.2) is 30.4 Å². The van der Waals surface area contributed by atoms with Gasteiger partial charge in [-0.15, -0.1) is 6.58 Å². The van der Waals surface area contributed by atoms with Crippen LogP contribution in [0, 0.1) is 13.8 Å². The van der Waals surface area contributed by atoms with E-state index >= 15 is 0 Å². The first-order chi connectivity index (χ1) is 10.9. The van der Waals surface area contributed by atoms with Gasteiger partial charge in [0.05, 0.1) is 7.11 Å². The van der Waals surface area contributed by atoms with E-state index in [9.17, 15) is 9.90 Å². The van der Waals surface area contributed by atoms with Gasteiger partial charge in [0.1, 0.15) is 23.2 Å². The molecule has 0 saturated heterocycles. The maximum Gasteiger partial charge on any atom is 0.341 e. The van der Waals surface area contributed by atoms with Gasteiger partial charge in [0.25, 0.3) is 0 Å². The van der Waals surface area contributed by atoms with Crippen molar-refractivity contribution in [1.29, 1.82) is 0 Å². The lowest BCUT2D eigenvalue weighted by atomic mass is 10.0. The molecule has 0 aliphatic rings. The third-order valence-electron chi connectivity index (χ3n) is 3.78. The van der Waals surface area contributed by atoms with E-state index in [2.05, 4.69) is 19.6 Å². The van der Waals surface area contributed by atoms with Gasteiger partial charge in [-0.25, -0.2) is 4.79 Å². The van der Waals surface area contributed by atoms with E-state index in [0.29, 0.717) is 23.3 Å². The van der Waals surface area contributed by atoms with Crippen molar-refractivity contribution in [3.05, 3.63) is 47.1 Å². The van der Waals surface area contributed by atoms with Crippen molar-refractivity contribution in [1.82, 2.24) is 0 Å². The molecule has 0 fully saturated rings. The molecule has 1 aromatic rings. The number of methoxy groups -OCH3 is 1. The average molecular weight is 318 g/mol. The Morgan fingerprint density at radius 1 is 1.43 bits per heavy atom. The van der Waals surface area contributed by atoms with E-state index in [1.165, 1.54) is 7.11 Å². The molecule has 1 rings (SSSR count). The zero-order chi connectivity index (χ0) is 17.6. The lowest BCUT2D eigenvalue weighted by molar-refractivity contribution is 0.0596. The van der Waals surface area contributed by atoms with Crippen molar-refractivity contribution in [2.45, 2.75) is 46.6 Å². The molecule has 4 heteroatoms. The second kappa shape index (κ2) is 8.42. The number of carbonyl (C=O) groups is 1. The molecule has 23 heavy (non-hydrogen) atoms. The Hall–Kier alpha value is -2.23. The molecule has 1 atom stereocenters. The second-order valence-electron chi connectivity index (χ2n) is 5.52. The number of allylic oxidation sites excluding steroid dienone is 1.